The van der Waals surface area contributed by atoms with Crippen LogP contribution in [0.1, 0.15) is 30.8 Å². The lowest BCUT2D eigenvalue weighted by molar-refractivity contribution is 0.332. The van der Waals surface area contributed by atoms with E-state index in [2.05, 4.69) is 45.4 Å². The maximum atomic E-state index is 4.91. The summed E-state index contributed by atoms with van der Waals surface area (Å²) in [6.07, 6.45) is 4.95. The molecule has 0 aliphatic carbocycles. The largest absolute Gasteiger partial charge is 0.330 e. The second kappa shape index (κ2) is 6.15. The molecule has 4 rings (SSSR count). The Morgan fingerprint density at radius 3 is 2.83 bits per heavy atom. The van der Waals surface area contributed by atoms with Gasteiger partial charge in [0.25, 0.3) is 0 Å². The van der Waals surface area contributed by atoms with Gasteiger partial charge in [0.05, 0.1) is 25.2 Å². The average molecular weight is 393 g/mol. The molecule has 4 heterocycles. The normalized spacial score (nSPS) is 16.1. The Bertz CT molecular complexity index is 861. The van der Waals surface area contributed by atoms with E-state index in [-0.39, 0.29) is 0 Å². The highest BCUT2D eigenvalue weighted by atomic mass is 79.9. The van der Waals surface area contributed by atoms with Crippen LogP contribution in [0.5, 0.6) is 0 Å². The summed E-state index contributed by atoms with van der Waals surface area (Å²) in [6, 6.07) is 2.10. The fourth-order valence-electron chi connectivity index (χ4n) is 3.59. The molecular formula is C17H21BrN4S. The summed E-state index contributed by atoms with van der Waals surface area (Å²) in [4.78, 5) is 12.2. The minimum atomic E-state index is 1.03. The molecule has 1 saturated heterocycles. The fraction of sp³-hybridized carbons (Fsp3) is 0.529. The first-order valence-electron chi connectivity index (χ1n) is 8.27. The Hall–Kier alpha value is -0.980. The van der Waals surface area contributed by atoms with Gasteiger partial charge in [-0.25, -0.2) is 9.97 Å². The van der Waals surface area contributed by atoms with Crippen molar-refractivity contribution in [3.05, 3.63) is 21.4 Å². The fourth-order valence-corrected chi connectivity index (χ4v) is 5.19. The molecule has 1 aliphatic rings. The van der Waals surface area contributed by atoms with Crippen LogP contribution < -0.4 is 0 Å². The summed E-state index contributed by atoms with van der Waals surface area (Å²) in [7, 11) is 2.15. The Morgan fingerprint density at radius 1 is 1.26 bits per heavy atom. The molecule has 0 atom stereocenters. The predicted molar refractivity (Wildman–Crippen MR) is 100 cm³/mol. The number of halogens is 1. The van der Waals surface area contributed by atoms with Crippen molar-refractivity contribution < 1.29 is 0 Å². The lowest BCUT2D eigenvalue weighted by Gasteiger charge is -2.13. The van der Waals surface area contributed by atoms with E-state index >= 15 is 0 Å². The van der Waals surface area contributed by atoms with E-state index in [9.17, 15) is 0 Å². The smallest absolute Gasteiger partial charge is 0.111 e. The first-order valence-corrected chi connectivity index (χ1v) is 9.88. The molecule has 23 heavy (non-hydrogen) atoms. The van der Waals surface area contributed by atoms with Crippen LogP contribution in [0.2, 0.25) is 0 Å². The second-order valence-corrected chi connectivity index (χ2v) is 8.83. The molecule has 0 unspecified atom stereocenters. The summed E-state index contributed by atoms with van der Waals surface area (Å²) in [5.41, 5.74) is 4.39. The van der Waals surface area contributed by atoms with Gasteiger partial charge < -0.3 is 9.47 Å². The molecule has 0 spiro atoms. The number of rotatable bonds is 4. The van der Waals surface area contributed by atoms with Crippen LogP contribution in [0.3, 0.4) is 0 Å². The number of imidazole rings is 1. The minimum Gasteiger partial charge on any atom is -0.330 e. The van der Waals surface area contributed by atoms with Crippen LogP contribution in [0, 0.1) is 6.92 Å². The number of aromatic nitrogens is 3. The van der Waals surface area contributed by atoms with Crippen molar-refractivity contribution in [2.75, 3.05) is 19.6 Å². The standard InChI is InChI=1S/C17H21BrN4S/c1-11-15-16(17-12(19-11)10-13(18)23-17)21(2)14(20-15)6-5-9-22-7-3-4-8-22/h10H,3-9H2,1-2H3. The van der Waals surface area contributed by atoms with Crippen molar-refractivity contribution in [2.24, 2.45) is 7.05 Å². The number of likely N-dealkylation sites (tertiary alicyclic amines) is 1. The van der Waals surface area contributed by atoms with Gasteiger partial charge in [-0.1, -0.05) is 0 Å². The van der Waals surface area contributed by atoms with E-state index in [0.29, 0.717) is 0 Å². The Labute approximate surface area is 148 Å². The zero-order valence-electron chi connectivity index (χ0n) is 13.6. The van der Waals surface area contributed by atoms with Crippen molar-refractivity contribution in [3.63, 3.8) is 0 Å². The number of thiophene rings is 1. The van der Waals surface area contributed by atoms with E-state index in [1.54, 1.807) is 11.3 Å². The molecule has 0 radical (unpaired) electrons. The lowest BCUT2D eigenvalue weighted by atomic mass is 10.3. The molecule has 0 aromatic carbocycles. The first kappa shape index (κ1) is 15.5. The van der Waals surface area contributed by atoms with Gasteiger partial charge in [-0.3, -0.25) is 0 Å². The molecule has 6 heteroatoms. The number of nitrogens with zero attached hydrogens (tertiary/aromatic N) is 4. The summed E-state index contributed by atoms with van der Waals surface area (Å²) in [5, 5.41) is 0. The van der Waals surface area contributed by atoms with E-state index < -0.39 is 0 Å². The van der Waals surface area contributed by atoms with Crippen molar-refractivity contribution in [3.8, 4) is 0 Å². The first-order chi connectivity index (χ1) is 11.1. The third-order valence-electron chi connectivity index (χ3n) is 4.79. The van der Waals surface area contributed by atoms with Gasteiger partial charge in [0.15, 0.2) is 0 Å². The minimum absolute atomic E-state index is 1.03. The zero-order valence-corrected chi connectivity index (χ0v) is 16.0. The average Bonchev–Trinajstić information content (AvgIpc) is 3.20. The van der Waals surface area contributed by atoms with Crippen LogP contribution in [0.15, 0.2) is 9.85 Å². The molecule has 0 bridgehead atoms. The van der Waals surface area contributed by atoms with Gasteiger partial charge in [-0.2, -0.15) is 0 Å². The summed E-state index contributed by atoms with van der Waals surface area (Å²) in [5.74, 6) is 1.18. The maximum absolute atomic E-state index is 4.91. The molecule has 4 nitrogen and oxygen atoms in total. The monoisotopic (exact) mass is 392 g/mol. The van der Waals surface area contributed by atoms with E-state index in [0.717, 1.165) is 26.9 Å². The van der Waals surface area contributed by atoms with Gasteiger partial charge in [-0.05, 0) is 67.8 Å². The summed E-state index contributed by atoms with van der Waals surface area (Å²) < 4.78 is 4.64. The highest BCUT2D eigenvalue weighted by Gasteiger charge is 2.17. The molecule has 3 aromatic heterocycles. The maximum Gasteiger partial charge on any atom is 0.111 e. The molecule has 1 fully saturated rings. The quantitative estimate of drug-likeness (QED) is 0.664. The SMILES string of the molecule is Cc1nc2cc(Br)sc2c2c1nc(CCCN1CCCC1)n2C. The molecule has 3 aromatic rings. The topological polar surface area (TPSA) is 34.0 Å². The number of fused-ring (bicyclic) bond motifs is 3. The second-order valence-electron chi connectivity index (χ2n) is 6.40. The van der Waals surface area contributed by atoms with Crippen LogP contribution in [0.4, 0.5) is 0 Å². The lowest BCUT2D eigenvalue weighted by Crippen LogP contribution is -2.21. The Balaban J connectivity index is 1.66. The Kier molecular flexibility index (Phi) is 4.15. The zero-order chi connectivity index (χ0) is 16.0. The van der Waals surface area contributed by atoms with Crippen LogP contribution in [-0.4, -0.2) is 39.1 Å². The van der Waals surface area contributed by atoms with Crippen LogP contribution >= 0.6 is 27.3 Å². The molecule has 0 amide bonds. The number of hydrogen-bond donors (Lipinski definition) is 0. The molecule has 0 N–H and O–H groups in total. The van der Waals surface area contributed by atoms with Crippen molar-refractivity contribution in [1.82, 2.24) is 19.4 Å². The third kappa shape index (κ3) is 2.81. The highest BCUT2D eigenvalue weighted by Crippen LogP contribution is 2.35. The molecule has 0 saturated carbocycles. The molecular weight excluding hydrogens is 372 g/mol. The van der Waals surface area contributed by atoms with Gasteiger partial charge >= 0.3 is 0 Å². The van der Waals surface area contributed by atoms with Crippen molar-refractivity contribution in [1.29, 1.82) is 0 Å². The number of hydrogen-bond acceptors (Lipinski definition) is 4. The van der Waals surface area contributed by atoms with E-state index in [1.165, 1.54) is 54.9 Å². The van der Waals surface area contributed by atoms with Gasteiger partial charge in [-0.15, -0.1) is 11.3 Å². The number of pyridine rings is 1. The van der Waals surface area contributed by atoms with Crippen LogP contribution in [-0.2, 0) is 13.5 Å². The van der Waals surface area contributed by atoms with Crippen LogP contribution in [0.25, 0.3) is 21.3 Å². The van der Waals surface area contributed by atoms with Crippen molar-refractivity contribution in [2.45, 2.75) is 32.6 Å². The van der Waals surface area contributed by atoms with Gasteiger partial charge in [0.1, 0.15) is 11.3 Å². The summed E-state index contributed by atoms with van der Waals surface area (Å²) >= 11 is 5.34. The predicted octanol–water partition coefficient (Wildman–Crippen LogP) is 4.28. The molecule has 122 valence electrons. The van der Waals surface area contributed by atoms with E-state index in [1.807, 2.05) is 0 Å². The van der Waals surface area contributed by atoms with E-state index in [4.69, 9.17) is 9.97 Å². The van der Waals surface area contributed by atoms with Crippen molar-refractivity contribution >= 4 is 48.5 Å². The van der Waals surface area contributed by atoms with Gasteiger partial charge in [0, 0.05) is 13.5 Å². The summed E-state index contributed by atoms with van der Waals surface area (Å²) in [6.45, 7) is 5.81. The highest BCUT2D eigenvalue weighted by molar-refractivity contribution is 9.11. The molecule has 1 aliphatic heterocycles. The Morgan fingerprint density at radius 2 is 2.04 bits per heavy atom. The third-order valence-corrected chi connectivity index (χ3v) is 6.42. The number of aryl methyl sites for hydroxylation is 3. The van der Waals surface area contributed by atoms with Gasteiger partial charge in [0.2, 0.25) is 0 Å².